The Balaban J connectivity index is 1.83. The number of hydrogen-bond donors (Lipinski definition) is 2. The highest BCUT2D eigenvalue weighted by atomic mass is 35.5. The van der Waals surface area contributed by atoms with E-state index in [0.29, 0.717) is 43.6 Å². The zero-order valence-electron chi connectivity index (χ0n) is 14.7. The Labute approximate surface area is 167 Å². The van der Waals surface area contributed by atoms with Gasteiger partial charge in [0.1, 0.15) is 4.21 Å². The van der Waals surface area contributed by atoms with Gasteiger partial charge in [0.2, 0.25) is 5.91 Å². The summed E-state index contributed by atoms with van der Waals surface area (Å²) in [6, 6.07) is 8.37. The summed E-state index contributed by atoms with van der Waals surface area (Å²) in [4.78, 5) is 13.8. The number of thiophene rings is 1. The Morgan fingerprint density at radius 2 is 2.00 bits per heavy atom. The SMILES string of the molecule is CC(=O)NCc1ccc(S(=O)(=O)Nc2cc(Cl)ccc2N2CCOCC2)s1. The number of carbonyl (C=O) groups is 1. The molecule has 146 valence electrons. The van der Waals surface area contributed by atoms with Crippen molar-refractivity contribution in [1.82, 2.24) is 5.32 Å². The number of anilines is 2. The summed E-state index contributed by atoms with van der Waals surface area (Å²) in [5.41, 5.74) is 1.20. The minimum absolute atomic E-state index is 0.167. The van der Waals surface area contributed by atoms with Crippen molar-refractivity contribution < 1.29 is 17.9 Å². The molecule has 1 aromatic heterocycles. The van der Waals surface area contributed by atoms with E-state index in [2.05, 4.69) is 14.9 Å². The van der Waals surface area contributed by atoms with Gasteiger partial charge < -0.3 is 15.0 Å². The fourth-order valence-corrected chi connectivity index (χ4v) is 5.21. The molecular formula is C17H20ClN3O4S2. The molecule has 3 rings (SSSR count). The van der Waals surface area contributed by atoms with E-state index in [-0.39, 0.29) is 10.1 Å². The lowest BCUT2D eigenvalue weighted by molar-refractivity contribution is -0.119. The van der Waals surface area contributed by atoms with Gasteiger partial charge in [-0.25, -0.2) is 8.42 Å². The Hall–Kier alpha value is -1.81. The first-order valence-corrected chi connectivity index (χ1v) is 11.0. The molecule has 0 spiro atoms. The summed E-state index contributed by atoms with van der Waals surface area (Å²) in [5.74, 6) is -0.167. The van der Waals surface area contributed by atoms with Crippen LogP contribution in [-0.2, 0) is 26.1 Å². The monoisotopic (exact) mass is 429 g/mol. The lowest BCUT2D eigenvalue weighted by atomic mass is 10.2. The smallest absolute Gasteiger partial charge is 0.271 e. The van der Waals surface area contributed by atoms with Crippen LogP contribution in [0.3, 0.4) is 0 Å². The Morgan fingerprint density at radius 3 is 2.70 bits per heavy atom. The highest BCUT2D eigenvalue weighted by Crippen LogP contribution is 2.33. The number of ether oxygens (including phenoxy) is 1. The van der Waals surface area contributed by atoms with Gasteiger partial charge in [-0.05, 0) is 30.3 Å². The van der Waals surface area contributed by atoms with E-state index in [1.807, 2.05) is 6.07 Å². The number of morpholine rings is 1. The fraction of sp³-hybridized carbons (Fsp3) is 0.353. The van der Waals surface area contributed by atoms with Crippen LogP contribution in [0.2, 0.25) is 5.02 Å². The maximum absolute atomic E-state index is 12.8. The van der Waals surface area contributed by atoms with Gasteiger partial charge in [-0.3, -0.25) is 9.52 Å². The number of benzene rings is 1. The van der Waals surface area contributed by atoms with Crippen LogP contribution in [0.5, 0.6) is 0 Å². The quantitative estimate of drug-likeness (QED) is 0.737. The molecule has 1 aliphatic rings. The van der Waals surface area contributed by atoms with Crippen molar-refractivity contribution in [3.8, 4) is 0 Å². The molecule has 2 aromatic rings. The third-order valence-electron chi connectivity index (χ3n) is 3.97. The molecule has 27 heavy (non-hydrogen) atoms. The first kappa shape index (κ1) is 19.9. The molecular weight excluding hydrogens is 410 g/mol. The standard InChI is InChI=1S/C17H20ClN3O4S2/c1-12(22)19-11-14-3-5-17(26-14)27(23,24)20-15-10-13(18)2-4-16(15)21-6-8-25-9-7-21/h2-5,10,20H,6-9,11H2,1H3,(H,19,22). The Bertz CT molecular complexity index is 924. The molecule has 0 atom stereocenters. The minimum Gasteiger partial charge on any atom is -0.378 e. The van der Waals surface area contributed by atoms with Crippen LogP contribution >= 0.6 is 22.9 Å². The predicted octanol–water partition coefficient (Wildman–Crippen LogP) is 2.68. The van der Waals surface area contributed by atoms with E-state index < -0.39 is 10.0 Å². The molecule has 7 nitrogen and oxygen atoms in total. The van der Waals surface area contributed by atoms with Gasteiger partial charge in [-0.15, -0.1) is 11.3 Å². The first-order valence-electron chi connectivity index (χ1n) is 8.33. The average molecular weight is 430 g/mol. The third kappa shape index (κ3) is 5.13. The van der Waals surface area contributed by atoms with E-state index >= 15 is 0 Å². The molecule has 0 bridgehead atoms. The van der Waals surface area contributed by atoms with Crippen molar-refractivity contribution in [3.05, 3.63) is 40.2 Å². The number of rotatable bonds is 6. The lowest BCUT2D eigenvalue weighted by Gasteiger charge is -2.30. The molecule has 1 fully saturated rings. The third-order valence-corrected chi connectivity index (χ3v) is 7.15. The predicted molar refractivity (Wildman–Crippen MR) is 107 cm³/mol. The molecule has 10 heteroatoms. The highest BCUT2D eigenvalue weighted by molar-refractivity contribution is 7.94. The van der Waals surface area contributed by atoms with Gasteiger partial charge in [-0.1, -0.05) is 11.6 Å². The van der Waals surface area contributed by atoms with Crippen LogP contribution in [0.4, 0.5) is 11.4 Å². The number of hydrogen-bond acceptors (Lipinski definition) is 6. The van der Waals surface area contributed by atoms with Crippen molar-refractivity contribution in [2.45, 2.75) is 17.7 Å². The maximum atomic E-state index is 12.8. The first-order chi connectivity index (χ1) is 12.8. The lowest BCUT2D eigenvalue weighted by Crippen LogP contribution is -2.36. The molecule has 2 heterocycles. The van der Waals surface area contributed by atoms with E-state index in [9.17, 15) is 13.2 Å². The van der Waals surface area contributed by atoms with E-state index in [4.69, 9.17) is 16.3 Å². The van der Waals surface area contributed by atoms with Crippen molar-refractivity contribution in [1.29, 1.82) is 0 Å². The zero-order chi connectivity index (χ0) is 19.4. The summed E-state index contributed by atoms with van der Waals surface area (Å²) >= 11 is 7.20. The van der Waals surface area contributed by atoms with Gasteiger partial charge in [0, 0.05) is 29.9 Å². The Kier molecular flexibility index (Phi) is 6.25. The van der Waals surface area contributed by atoms with Crippen LogP contribution in [0.15, 0.2) is 34.5 Å². The second kappa shape index (κ2) is 8.47. The number of nitrogens with zero attached hydrogens (tertiary/aromatic N) is 1. The molecule has 1 aromatic carbocycles. The summed E-state index contributed by atoms with van der Waals surface area (Å²) < 4.78 is 33.8. The highest BCUT2D eigenvalue weighted by Gasteiger charge is 2.21. The molecule has 1 saturated heterocycles. The van der Waals surface area contributed by atoms with E-state index in [0.717, 1.165) is 21.9 Å². The van der Waals surface area contributed by atoms with Crippen LogP contribution in [-0.4, -0.2) is 40.6 Å². The summed E-state index contributed by atoms with van der Waals surface area (Å²) in [6.45, 7) is 4.25. The average Bonchev–Trinajstić information content (AvgIpc) is 3.11. The molecule has 0 unspecified atom stereocenters. The largest absolute Gasteiger partial charge is 0.378 e. The van der Waals surface area contributed by atoms with E-state index in [1.165, 1.54) is 13.0 Å². The van der Waals surface area contributed by atoms with Crippen LogP contribution < -0.4 is 14.9 Å². The van der Waals surface area contributed by atoms with Crippen molar-refractivity contribution >= 4 is 50.2 Å². The molecule has 1 amide bonds. The van der Waals surface area contributed by atoms with E-state index in [1.54, 1.807) is 18.2 Å². The van der Waals surface area contributed by atoms with Crippen molar-refractivity contribution in [2.75, 3.05) is 35.9 Å². The van der Waals surface area contributed by atoms with Gasteiger partial charge >= 0.3 is 0 Å². The normalized spacial score (nSPS) is 14.8. The number of halogens is 1. The van der Waals surface area contributed by atoms with Crippen LogP contribution in [0, 0.1) is 0 Å². The molecule has 1 aliphatic heterocycles. The van der Waals surface area contributed by atoms with Gasteiger partial charge in [-0.2, -0.15) is 0 Å². The summed E-state index contributed by atoms with van der Waals surface area (Å²) in [6.07, 6.45) is 0. The van der Waals surface area contributed by atoms with Gasteiger partial charge in [0.15, 0.2) is 0 Å². The molecule has 2 N–H and O–H groups in total. The van der Waals surface area contributed by atoms with Crippen molar-refractivity contribution in [3.63, 3.8) is 0 Å². The second-order valence-electron chi connectivity index (χ2n) is 6.00. The number of sulfonamides is 1. The summed E-state index contributed by atoms with van der Waals surface area (Å²) in [7, 11) is -3.77. The molecule has 0 aliphatic carbocycles. The molecule has 0 saturated carbocycles. The number of amides is 1. The van der Waals surface area contributed by atoms with Gasteiger partial charge in [0.05, 0.1) is 31.1 Å². The molecule has 0 radical (unpaired) electrons. The number of carbonyl (C=O) groups excluding carboxylic acids is 1. The van der Waals surface area contributed by atoms with Crippen molar-refractivity contribution in [2.24, 2.45) is 0 Å². The zero-order valence-corrected chi connectivity index (χ0v) is 17.1. The minimum atomic E-state index is -3.77. The maximum Gasteiger partial charge on any atom is 0.271 e. The van der Waals surface area contributed by atoms with Crippen LogP contribution in [0.1, 0.15) is 11.8 Å². The Morgan fingerprint density at radius 1 is 1.26 bits per heavy atom. The number of nitrogens with one attached hydrogen (secondary N) is 2. The van der Waals surface area contributed by atoms with Gasteiger partial charge in [0.25, 0.3) is 10.0 Å². The fourth-order valence-electron chi connectivity index (χ4n) is 2.67. The van der Waals surface area contributed by atoms with Crippen LogP contribution in [0.25, 0.3) is 0 Å². The second-order valence-corrected chi connectivity index (χ2v) is 9.51. The summed E-state index contributed by atoms with van der Waals surface area (Å²) in [5, 5.41) is 3.10. The topological polar surface area (TPSA) is 87.7 Å².